The van der Waals surface area contributed by atoms with Crippen molar-refractivity contribution in [2.45, 2.75) is 12.8 Å². The lowest BCUT2D eigenvalue weighted by Gasteiger charge is -2.04. The number of hydrogen-bond acceptors (Lipinski definition) is 1. The molecule has 1 atom stereocenters. The highest BCUT2D eigenvalue weighted by Gasteiger charge is 2.11. The molecule has 0 radical (unpaired) electrons. The number of rotatable bonds is 2. The highest BCUT2D eigenvalue weighted by molar-refractivity contribution is 5.75. The van der Waals surface area contributed by atoms with Crippen LogP contribution in [0.5, 0.6) is 0 Å². The molecule has 0 spiro atoms. The van der Waals surface area contributed by atoms with Crippen LogP contribution in [0.3, 0.4) is 0 Å². The Bertz CT molecular complexity index is 280. The Hall–Kier alpha value is -1.31. The largest absolute Gasteiger partial charge is 0.481 e. The van der Waals surface area contributed by atoms with E-state index in [1.54, 1.807) is 30.3 Å². The van der Waals surface area contributed by atoms with Gasteiger partial charge in [-0.05, 0) is 12.5 Å². The molecule has 1 aromatic rings. The van der Waals surface area contributed by atoms with Crippen LogP contribution in [-0.2, 0) is 4.79 Å². The smallest absolute Gasteiger partial charge is 0.310 e. The molecule has 1 rings (SSSR count). The van der Waals surface area contributed by atoms with Crippen molar-refractivity contribution in [1.29, 1.82) is 0 Å². The fourth-order valence-electron chi connectivity index (χ4n) is 0.812. The van der Waals surface area contributed by atoms with Gasteiger partial charge < -0.3 is 5.11 Å². The van der Waals surface area contributed by atoms with E-state index >= 15 is 0 Å². The van der Waals surface area contributed by atoms with Crippen molar-refractivity contribution < 1.29 is 11.3 Å². The summed E-state index contributed by atoms with van der Waals surface area (Å²) in [5.41, 5.74) is 0.498. The lowest BCUT2D eigenvalue weighted by atomic mass is 10.0. The molecule has 0 amide bonds. The Balaban J connectivity index is 3.06. The van der Waals surface area contributed by atoms with Crippen LogP contribution in [0.1, 0.15) is 19.8 Å². The number of carboxylic acids is 1. The van der Waals surface area contributed by atoms with Crippen LogP contribution in [0.4, 0.5) is 0 Å². The average molecular weight is 151 g/mol. The van der Waals surface area contributed by atoms with Crippen molar-refractivity contribution in [3.05, 3.63) is 35.9 Å². The van der Waals surface area contributed by atoms with Gasteiger partial charge in [0.2, 0.25) is 0 Å². The fraction of sp³-hybridized carbons (Fsp3) is 0.222. The Kier molecular flexibility index (Phi) is 1.86. The molecule has 11 heavy (non-hydrogen) atoms. The van der Waals surface area contributed by atoms with Gasteiger partial charge in [-0.1, -0.05) is 30.3 Å². The molecule has 0 aromatic heterocycles. The number of aliphatic carboxylic acids is 1. The molecule has 2 nitrogen and oxygen atoms in total. The van der Waals surface area contributed by atoms with Crippen LogP contribution in [-0.4, -0.2) is 11.1 Å². The summed E-state index contributed by atoms with van der Waals surface area (Å²) < 4.78 is 7.52. The second-order valence-electron chi connectivity index (χ2n) is 2.30. The van der Waals surface area contributed by atoms with E-state index in [4.69, 9.17) is 6.48 Å². The Labute approximate surface area is 66.9 Å². The molecule has 0 aliphatic heterocycles. The highest BCUT2D eigenvalue weighted by atomic mass is 16.4. The van der Waals surface area contributed by atoms with Crippen molar-refractivity contribution >= 4 is 5.97 Å². The molecule has 0 aliphatic rings. The maximum atomic E-state index is 10.6. The van der Waals surface area contributed by atoms with E-state index in [1.165, 1.54) is 6.92 Å². The van der Waals surface area contributed by atoms with E-state index in [0.29, 0.717) is 5.56 Å². The molecular formula is C9H10O2. The maximum absolute atomic E-state index is 10.6. The van der Waals surface area contributed by atoms with Crippen LogP contribution < -0.4 is 0 Å². The summed E-state index contributed by atoms with van der Waals surface area (Å²) in [7, 11) is 0. The van der Waals surface area contributed by atoms with E-state index in [2.05, 4.69) is 0 Å². The zero-order chi connectivity index (χ0) is 9.19. The van der Waals surface area contributed by atoms with E-state index < -0.39 is 11.9 Å². The van der Waals surface area contributed by atoms with Gasteiger partial charge in [0, 0.05) is 1.37 Å². The van der Waals surface area contributed by atoms with E-state index in [0.717, 1.165) is 0 Å². The Morgan fingerprint density at radius 1 is 1.55 bits per heavy atom. The summed E-state index contributed by atoms with van der Waals surface area (Å²) in [6, 6.07) is 8.53. The van der Waals surface area contributed by atoms with Gasteiger partial charge in [-0.25, -0.2) is 0 Å². The van der Waals surface area contributed by atoms with Crippen molar-refractivity contribution in [1.82, 2.24) is 0 Å². The molecule has 2 heteroatoms. The number of carbonyl (C=O) groups is 1. The lowest BCUT2D eigenvalue weighted by Crippen LogP contribution is -2.06. The molecule has 1 N–H and O–H groups in total. The van der Waals surface area contributed by atoms with Crippen molar-refractivity contribution in [2.24, 2.45) is 0 Å². The van der Waals surface area contributed by atoms with E-state index in [1.807, 2.05) is 0 Å². The summed E-state index contributed by atoms with van der Waals surface area (Å²) in [5.74, 6) is -2.67. The van der Waals surface area contributed by atoms with E-state index in [9.17, 15) is 4.79 Å². The topological polar surface area (TPSA) is 37.3 Å². The molecule has 0 heterocycles. The fourth-order valence-corrected chi connectivity index (χ4v) is 0.812. The van der Waals surface area contributed by atoms with E-state index in [-0.39, 0.29) is 0 Å². The zero-order valence-corrected chi connectivity index (χ0v) is 6.24. The minimum Gasteiger partial charge on any atom is -0.481 e. The third kappa shape index (κ3) is 1.80. The average Bonchev–Trinajstić information content (AvgIpc) is 2.06. The standard InChI is InChI=1S/C9H10O2/c1-7(9(10)11)8-5-3-2-4-6-8/h2-7H,1H3,(H,10,11)/t7-/m1/s1/i7D. The second-order valence-corrected chi connectivity index (χ2v) is 2.30. The predicted octanol–water partition coefficient (Wildman–Crippen LogP) is 1.87. The van der Waals surface area contributed by atoms with Crippen LogP contribution >= 0.6 is 0 Å². The molecule has 0 saturated carbocycles. The van der Waals surface area contributed by atoms with Crippen LogP contribution in [0.25, 0.3) is 0 Å². The first-order valence-corrected chi connectivity index (χ1v) is 3.34. The number of carboxylic acid groups (broad SMARTS) is 1. The lowest BCUT2D eigenvalue weighted by molar-refractivity contribution is -0.138. The molecule has 0 aliphatic carbocycles. The summed E-state index contributed by atoms with van der Waals surface area (Å²) in [6.45, 7) is 1.37. The first kappa shape index (κ1) is 6.40. The van der Waals surface area contributed by atoms with Crippen LogP contribution in [0.15, 0.2) is 30.3 Å². The van der Waals surface area contributed by atoms with Crippen LogP contribution in [0.2, 0.25) is 0 Å². The second kappa shape index (κ2) is 3.19. The quantitative estimate of drug-likeness (QED) is 0.700. The maximum Gasteiger partial charge on any atom is 0.310 e. The molecule has 0 bridgehead atoms. The third-order valence-electron chi connectivity index (χ3n) is 1.53. The van der Waals surface area contributed by atoms with Crippen molar-refractivity contribution in [2.75, 3.05) is 0 Å². The monoisotopic (exact) mass is 151 g/mol. The van der Waals surface area contributed by atoms with Gasteiger partial charge in [0.1, 0.15) is 0 Å². The van der Waals surface area contributed by atoms with Crippen molar-refractivity contribution in [3.8, 4) is 0 Å². The normalized spacial score (nSPS) is 16.6. The summed E-state index contributed by atoms with van der Waals surface area (Å²) in [5, 5.41) is 8.71. The van der Waals surface area contributed by atoms with Gasteiger partial charge in [-0.3, -0.25) is 4.79 Å². The number of hydrogen-bond donors (Lipinski definition) is 1. The molecular weight excluding hydrogens is 140 g/mol. The predicted molar refractivity (Wildman–Crippen MR) is 42.5 cm³/mol. The first-order chi connectivity index (χ1) is 5.55. The SMILES string of the molecule is [2H][C@](C)(C(=O)O)c1ccccc1. The minimum absolute atomic E-state index is 0.498. The Morgan fingerprint density at radius 2 is 2.09 bits per heavy atom. The van der Waals surface area contributed by atoms with Gasteiger partial charge in [-0.15, -0.1) is 0 Å². The van der Waals surface area contributed by atoms with Gasteiger partial charge >= 0.3 is 5.97 Å². The third-order valence-corrected chi connectivity index (χ3v) is 1.53. The highest BCUT2D eigenvalue weighted by Crippen LogP contribution is 2.13. The first-order valence-electron chi connectivity index (χ1n) is 3.84. The molecule has 1 aromatic carbocycles. The van der Waals surface area contributed by atoms with Crippen LogP contribution in [0, 0.1) is 0 Å². The number of benzene rings is 1. The van der Waals surface area contributed by atoms with Gasteiger partial charge in [0.05, 0.1) is 5.89 Å². The summed E-state index contributed by atoms with van der Waals surface area (Å²) in [6.07, 6.45) is 0. The summed E-state index contributed by atoms with van der Waals surface area (Å²) >= 11 is 0. The summed E-state index contributed by atoms with van der Waals surface area (Å²) in [4.78, 5) is 10.6. The van der Waals surface area contributed by atoms with Gasteiger partial charge in [0.15, 0.2) is 0 Å². The molecule has 58 valence electrons. The molecule has 0 unspecified atom stereocenters. The van der Waals surface area contributed by atoms with Gasteiger partial charge in [0.25, 0.3) is 0 Å². The van der Waals surface area contributed by atoms with Gasteiger partial charge in [-0.2, -0.15) is 0 Å². The molecule has 0 saturated heterocycles. The van der Waals surface area contributed by atoms with Crippen molar-refractivity contribution in [3.63, 3.8) is 0 Å². The molecule has 0 fully saturated rings. The minimum atomic E-state index is -1.54. The Morgan fingerprint density at radius 3 is 2.55 bits per heavy atom. The zero-order valence-electron chi connectivity index (χ0n) is 7.24.